The predicted molar refractivity (Wildman–Crippen MR) is 125 cm³/mol. The average Bonchev–Trinajstić information content (AvgIpc) is 3.21. The fourth-order valence-electron chi connectivity index (χ4n) is 2.69. The van der Waals surface area contributed by atoms with E-state index in [0.29, 0.717) is 16.9 Å². The van der Waals surface area contributed by atoms with Crippen molar-refractivity contribution in [3.8, 4) is 11.5 Å². The Balaban J connectivity index is 1.84. The van der Waals surface area contributed by atoms with Gasteiger partial charge in [-0.25, -0.2) is 0 Å². The topological polar surface area (TPSA) is 53.3 Å². The van der Waals surface area contributed by atoms with Gasteiger partial charge in [-0.15, -0.1) is 0 Å². The second-order valence-corrected chi connectivity index (χ2v) is 8.25. The minimum Gasteiger partial charge on any atom is -0.496 e. The van der Waals surface area contributed by atoms with Crippen LogP contribution in [0.25, 0.3) is 6.08 Å². The number of aromatic nitrogens is 2. The lowest BCUT2D eigenvalue weighted by Crippen LogP contribution is -2.01. The molecule has 0 saturated heterocycles. The Morgan fingerprint density at radius 2 is 1.71 bits per heavy atom. The van der Waals surface area contributed by atoms with Crippen LogP contribution in [0.3, 0.4) is 0 Å². The van der Waals surface area contributed by atoms with Crippen LogP contribution in [0.4, 0.5) is 0 Å². The number of carbonyl (C=O) groups excluding carboxylic acids is 1. The number of hydrogen-bond acceptors (Lipinski definition) is 4. The molecule has 5 nitrogen and oxygen atoms in total. The number of ketones is 1. The van der Waals surface area contributed by atoms with E-state index in [1.165, 1.54) is 19.4 Å². The number of carbonyl (C=O) groups is 1. The van der Waals surface area contributed by atoms with Gasteiger partial charge >= 0.3 is 0 Å². The molecule has 0 fully saturated rings. The summed E-state index contributed by atoms with van der Waals surface area (Å²) in [6, 6.07) is 5.39. The van der Waals surface area contributed by atoms with E-state index in [1.807, 2.05) is 12.1 Å². The molecule has 0 amide bonds. The van der Waals surface area contributed by atoms with Gasteiger partial charge in [0, 0.05) is 18.8 Å². The third kappa shape index (κ3) is 5.30. The molecule has 3 aromatic rings. The highest BCUT2D eigenvalue weighted by Gasteiger charge is 2.21. The normalized spacial score (nSPS) is 11.2. The Morgan fingerprint density at radius 1 is 1.06 bits per heavy atom. The van der Waals surface area contributed by atoms with Crippen molar-refractivity contribution in [2.45, 2.75) is 6.61 Å². The summed E-state index contributed by atoms with van der Waals surface area (Å²) in [5.41, 5.74) is 1.95. The van der Waals surface area contributed by atoms with Crippen LogP contribution >= 0.6 is 58.0 Å². The zero-order chi connectivity index (χ0) is 22.7. The van der Waals surface area contributed by atoms with Crippen LogP contribution < -0.4 is 9.47 Å². The van der Waals surface area contributed by atoms with Gasteiger partial charge in [-0.1, -0.05) is 70.1 Å². The smallest absolute Gasteiger partial charge is 0.189 e. The van der Waals surface area contributed by atoms with E-state index in [2.05, 4.69) is 5.10 Å². The number of methoxy groups -OCH3 is 1. The van der Waals surface area contributed by atoms with Crippen molar-refractivity contribution in [1.29, 1.82) is 0 Å². The third-order valence-electron chi connectivity index (χ3n) is 4.26. The van der Waals surface area contributed by atoms with Crippen molar-refractivity contribution in [3.63, 3.8) is 0 Å². The molecule has 31 heavy (non-hydrogen) atoms. The Kier molecular flexibility index (Phi) is 7.78. The number of halogens is 5. The Bertz CT molecular complexity index is 1150. The molecular formula is C21H15Cl5N2O3. The van der Waals surface area contributed by atoms with Crippen LogP contribution in [-0.4, -0.2) is 22.7 Å². The number of hydrogen-bond donors (Lipinski definition) is 0. The van der Waals surface area contributed by atoms with Gasteiger partial charge in [-0.2, -0.15) is 5.10 Å². The summed E-state index contributed by atoms with van der Waals surface area (Å²) in [6.07, 6.45) is 6.32. The van der Waals surface area contributed by atoms with Gasteiger partial charge in [0.1, 0.15) is 22.4 Å². The summed E-state index contributed by atoms with van der Waals surface area (Å²) in [7, 11) is 3.28. The monoisotopic (exact) mass is 518 g/mol. The highest BCUT2D eigenvalue weighted by atomic mass is 35.5. The number of benzene rings is 2. The molecule has 0 atom stereocenters. The highest BCUT2D eigenvalue weighted by Crippen LogP contribution is 2.48. The lowest BCUT2D eigenvalue weighted by Gasteiger charge is -2.15. The molecular weight excluding hydrogens is 506 g/mol. The van der Waals surface area contributed by atoms with Crippen LogP contribution in [0.5, 0.6) is 11.5 Å². The molecule has 10 heteroatoms. The zero-order valence-corrected chi connectivity index (χ0v) is 20.0. The lowest BCUT2D eigenvalue weighted by atomic mass is 10.1. The van der Waals surface area contributed by atoms with Gasteiger partial charge in [0.2, 0.25) is 0 Å². The van der Waals surface area contributed by atoms with Gasteiger partial charge in [0.15, 0.2) is 11.5 Å². The molecule has 1 aromatic heterocycles. The van der Waals surface area contributed by atoms with Crippen molar-refractivity contribution in [2.24, 2.45) is 7.05 Å². The molecule has 1 heterocycles. The van der Waals surface area contributed by atoms with E-state index in [1.54, 1.807) is 30.1 Å². The van der Waals surface area contributed by atoms with E-state index in [-0.39, 0.29) is 43.3 Å². The van der Waals surface area contributed by atoms with Gasteiger partial charge in [0.25, 0.3) is 0 Å². The van der Waals surface area contributed by atoms with Crippen molar-refractivity contribution in [2.75, 3.05) is 7.11 Å². The summed E-state index contributed by atoms with van der Waals surface area (Å²) in [4.78, 5) is 12.3. The summed E-state index contributed by atoms with van der Waals surface area (Å²) in [6.45, 7) is 0.0507. The van der Waals surface area contributed by atoms with Crippen molar-refractivity contribution >= 4 is 69.9 Å². The molecule has 3 rings (SSSR count). The standard InChI is InChI=1S/C21H15Cl5N2O3/c1-28-9-13(8-27-28)14(29)5-3-11-4-6-15(30-2)12(7-11)10-31-21-19(25)17(23)16(22)18(24)20(21)26/h3-9H,10H2,1-2H3/b5-3+. The Hall–Kier alpha value is -1.89. The van der Waals surface area contributed by atoms with Crippen molar-refractivity contribution < 1.29 is 14.3 Å². The van der Waals surface area contributed by atoms with E-state index in [0.717, 1.165) is 5.56 Å². The van der Waals surface area contributed by atoms with Gasteiger partial charge in [-0.3, -0.25) is 9.48 Å². The maximum Gasteiger partial charge on any atom is 0.189 e. The number of allylic oxidation sites excluding steroid dienone is 1. The summed E-state index contributed by atoms with van der Waals surface area (Å²) >= 11 is 30.6. The predicted octanol–water partition coefficient (Wildman–Crippen LogP) is 7.17. The van der Waals surface area contributed by atoms with Gasteiger partial charge < -0.3 is 9.47 Å². The lowest BCUT2D eigenvalue weighted by molar-refractivity contribution is 0.104. The van der Waals surface area contributed by atoms with Crippen molar-refractivity contribution in [3.05, 3.63) is 78.5 Å². The van der Waals surface area contributed by atoms with E-state index in [4.69, 9.17) is 67.5 Å². The molecule has 0 aliphatic carbocycles. The van der Waals surface area contributed by atoms with Crippen LogP contribution in [0.15, 0.2) is 36.7 Å². The van der Waals surface area contributed by atoms with Crippen molar-refractivity contribution in [1.82, 2.24) is 9.78 Å². The fraction of sp³-hybridized carbons (Fsp3) is 0.143. The minimum atomic E-state index is -0.161. The van der Waals surface area contributed by atoms with E-state index >= 15 is 0 Å². The SMILES string of the molecule is COc1ccc(/C=C/C(=O)c2cnn(C)c2)cc1COc1c(Cl)c(Cl)c(Cl)c(Cl)c1Cl. The van der Waals surface area contributed by atoms with E-state index < -0.39 is 0 Å². The first kappa shape index (κ1) is 23.8. The summed E-state index contributed by atoms with van der Waals surface area (Å²) in [5.74, 6) is 0.525. The molecule has 0 aliphatic heterocycles. The number of rotatable bonds is 7. The minimum absolute atomic E-state index is 0.0466. The maximum atomic E-state index is 12.3. The average molecular weight is 521 g/mol. The van der Waals surface area contributed by atoms with Gasteiger partial charge in [-0.05, 0) is 23.8 Å². The van der Waals surface area contributed by atoms with Crippen LogP contribution in [-0.2, 0) is 13.7 Å². The summed E-state index contributed by atoms with van der Waals surface area (Å²) < 4.78 is 12.7. The molecule has 0 radical (unpaired) electrons. The number of nitrogens with zero attached hydrogens (tertiary/aromatic N) is 2. The molecule has 2 aromatic carbocycles. The summed E-state index contributed by atoms with van der Waals surface area (Å²) in [5, 5.41) is 4.25. The van der Waals surface area contributed by atoms with E-state index in [9.17, 15) is 4.79 Å². The van der Waals surface area contributed by atoms with Crippen LogP contribution in [0.2, 0.25) is 25.1 Å². The number of ether oxygens (including phenoxy) is 2. The zero-order valence-electron chi connectivity index (χ0n) is 16.3. The highest BCUT2D eigenvalue weighted by molar-refractivity contribution is 6.55. The first-order chi connectivity index (χ1) is 14.7. The van der Waals surface area contributed by atoms with Crippen LogP contribution in [0, 0.1) is 0 Å². The molecule has 0 saturated carbocycles. The Morgan fingerprint density at radius 3 is 2.29 bits per heavy atom. The second-order valence-electron chi connectivity index (χ2n) is 6.36. The molecule has 162 valence electrons. The molecule has 0 aliphatic rings. The second kappa shape index (κ2) is 10.2. The van der Waals surface area contributed by atoms with Crippen LogP contribution in [0.1, 0.15) is 21.5 Å². The van der Waals surface area contributed by atoms with Gasteiger partial charge in [0.05, 0.1) is 33.9 Å². The Labute approximate surface area is 204 Å². The largest absolute Gasteiger partial charge is 0.496 e. The fourth-order valence-corrected chi connectivity index (χ4v) is 3.92. The number of aryl methyl sites for hydroxylation is 1. The molecule has 0 spiro atoms. The molecule has 0 unspecified atom stereocenters. The third-order valence-corrected chi connectivity index (χ3v) is 6.50. The first-order valence-electron chi connectivity index (χ1n) is 8.75. The maximum absolute atomic E-state index is 12.3. The first-order valence-corrected chi connectivity index (χ1v) is 10.6. The molecule has 0 N–H and O–H groups in total. The quantitative estimate of drug-likeness (QED) is 0.143. The molecule has 0 bridgehead atoms.